The van der Waals surface area contributed by atoms with Crippen LogP contribution in [-0.4, -0.2) is 58.2 Å². The average molecular weight is 593 g/mol. The molecule has 4 N–H and O–H groups in total. The minimum Gasteiger partial charge on any atom is -0.497 e. The maximum absolute atomic E-state index is 6.14. The molecule has 224 valence electrons. The molecule has 2 aromatic heterocycles. The highest BCUT2D eigenvalue weighted by Crippen LogP contribution is 2.27. The maximum Gasteiger partial charge on any atom is 0.182 e. The third kappa shape index (κ3) is 6.23. The Morgan fingerprint density at radius 3 is 0.705 bits per heavy atom. The molecule has 0 radical (unpaired) electrons. The van der Waals surface area contributed by atoms with Gasteiger partial charge in [-0.05, 0) is 97.1 Å². The van der Waals surface area contributed by atoms with Crippen LogP contribution in [0.1, 0.15) is 0 Å². The van der Waals surface area contributed by atoms with Crippen LogP contribution in [0.2, 0.25) is 0 Å². The smallest absolute Gasteiger partial charge is 0.182 e. The number of methoxy groups -OCH3 is 4. The summed E-state index contributed by atoms with van der Waals surface area (Å²) in [6.07, 6.45) is 0. The molecule has 0 bridgehead atoms. The summed E-state index contributed by atoms with van der Waals surface area (Å²) in [4.78, 5) is 0. The van der Waals surface area contributed by atoms with Gasteiger partial charge in [-0.15, -0.1) is 20.4 Å². The topological polar surface area (TPSA) is 150 Å². The van der Waals surface area contributed by atoms with E-state index in [1.54, 1.807) is 28.4 Å². The summed E-state index contributed by atoms with van der Waals surface area (Å²) in [6, 6.07) is 30.0. The van der Waals surface area contributed by atoms with Gasteiger partial charge in [-0.2, -0.15) is 0 Å². The second-order valence-corrected chi connectivity index (χ2v) is 9.35. The van der Waals surface area contributed by atoms with Crippen LogP contribution >= 0.6 is 0 Å². The number of nitrogens with two attached hydrogens (primary N) is 2. The highest BCUT2D eigenvalue weighted by Gasteiger charge is 2.15. The Hall–Kier alpha value is -6.04. The van der Waals surface area contributed by atoms with Gasteiger partial charge >= 0.3 is 0 Å². The molecule has 12 heteroatoms. The first kappa shape index (κ1) is 29.5. The number of nitrogens with zero attached hydrogens (tertiary/aromatic N) is 6. The summed E-state index contributed by atoms with van der Waals surface area (Å²) >= 11 is 0. The van der Waals surface area contributed by atoms with E-state index in [2.05, 4.69) is 20.4 Å². The molecule has 0 spiro atoms. The minimum absolute atomic E-state index is 0.591. The van der Waals surface area contributed by atoms with Crippen molar-refractivity contribution in [1.29, 1.82) is 0 Å². The number of benzene rings is 4. The SMILES string of the molecule is COc1ccc(-c2nnc(-c3ccc(OC)cc3)n2N)cc1.COc1ccc(-c2nnc(-c3ccc(OC)cc3)n2N)cc1. The lowest BCUT2D eigenvalue weighted by Crippen LogP contribution is -2.11. The van der Waals surface area contributed by atoms with Gasteiger partial charge in [0.25, 0.3) is 0 Å². The van der Waals surface area contributed by atoms with Crippen LogP contribution in [-0.2, 0) is 0 Å². The average Bonchev–Trinajstić information content (AvgIpc) is 3.67. The van der Waals surface area contributed by atoms with E-state index in [1.807, 2.05) is 97.1 Å². The zero-order valence-electron chi connectivity index (χ0n) is 24.7. The fraction of sp³-hybridized carbons (Fsp3) is 0.125. The lowest BCUT2D eigenvalue weighted by atomic mass is 10.2. The second kappa shape index (κ2) is 13.3. The van der Waals surface area contributed by atoms with Crippen LogP contribution in [0.25, 0.3) is 45.6 Å². The summed E-state index contributed by atoms with van der Waals surface area (Å²) in [5.41, 5.74) is 3.48. The van der Waals surface area contributed by atoms with E-state index in [1.165, 1.54) is 9.35 Å². The van der Waals surface area contributed by atoms with Crippen LogP contribution in [0.3, 0.4) is 0 Å². The Morgan fingerprint density at radius 1 is 0.364 bits per heavy atom. The van der Waals surface area contributed by atoms with E-state index in [0.29, 0.717) is 23.3 Å². The predicted molar refractivity (Wildman–Crippen MR) is 168 cm³/mol. The molecule has 0 atom stereocenters. The van der Waals surface area contributed by atoms with E-state index < -0.39 is 0 Å². The zero-order chi connectivity index (χ0) is 31.1. The Labute approximate surface area is 254 Å². The van der Waals surface area contributed by atoms with E-state index >= 15 is 0 Å². The van der Waals surface area contributed by atoms with Crippen LogP contribution in [0.5, 0.6) is 23.0 Å². The molecule has 0 aliphatic carbocycles. The number of rotatable bonds is 8. The maximum atomic E-state index is 6.14. The van der Waals surface area contributed by atoms with E-state index in [4.69, 9.17) is 30.6 Å². The van der Waals surface area contributed by atoms with Gasteiger partial charge in [0.1, 0.15) is 23.0 Å². The molecule has 2 heterocycles. The molecular formula is C32H32N8O4. The molecule has 0 saturated heterocycles. The first-order valence-corrected chi connectivity index (χ1v) is 13.4. The standard InChI is InChI=1S/2C16H16N4O2/c2*1-21-13-7-3-11(4-8-13)15-18-19-16(20(15)17)12-5-9-14(22-2)10-6-12/h2*3-10H,17H2,1-2H3. The van der Waals surface area contributed by atoms with Gasteiger partial charge in [-0.1, -0.05) is 0 Å². The van der Waals surface area contributed by atoms with Gasteiger partial charge in [0.15, 0.2) is 23.3 Å². The van der Waals surface area contributed by atoms with Crippen molar-refractivity contribution in [2.45, 2.75) is 0 Å². The van der Waals surface area contributed by atoms with Gasteiger partial charge in [0.2, 0.25) is 0 Å². The predicted octanol–water partition coefficient (Wildman–Crippen LogP) is 4.69. The zero-order valence-corrected chi connectivity index (χ0v) is 24.7. The first-order chi connectivity index (χ1) is 21.4. The molecule has 0 fully saturated rings. The monoisotopic (exact) mass is 592 g/mol. The summed E-state index contributed by atoms with van der Waals surface area (Å²) in [5, 5.41) is 16.7. The van der Waals surface area contributed by atoms with Crippen LogP contribution in [0.15, 0.2) is 97.1 Å². The fourth-order valence-corrected chi connectivity index (χ4v) is 4.33. The largest absolute Gasteiger partial charge is 0.497 e. The number of ether oxygens (including phenoxy) is 4. The van der Waals surface area contributed by atoms with Crippen LogP contribution in [0.4, 0.5) is 0 Å². The molecule has 6 rings (SSSR count). The van der Waals surface area contributed by atoms with Crippen molar-refractivity contribution in [1.82, 2.24) is 29.7 Å². The Kier molecular flexibility index (Phi) is 8.90. The normalized spacial score (nSPS) is 10.5. The number of hydrogen-bond donors (Lipinski definition) is 2. The fourth-order valence-electron chi connectivity index (χ4n) is 4.33. The van der Waals surface area contributed by atoms with Gasteiger partial charge in [0, 0.05) is 22.3 Å². The van der Waals surface area contributed by atoms with Gasteiger partial charge in [-0.25, -0.2) is 9.35 Å². The Bertz CT molecular complexity index is 1530. The van der Waals surface area contributed by atoms with Gasteiger partial charge < -0.3 is 30.6 Å². The van der Waals surface area contributed by atoms with Gasteiger partial charge in [0.05, 0.1) is 28.4 Å². The van der Waals surface area contributed by atoms with Crippen molar-refractivity contribution >= 4 is 0 Å². The molecule has 0 aliphatic heterocycles. The van der Waals surface area contributed by atoms with Crippen LogP contribution < -0.4 is 30.6 Å². The highest BCUT2D eigenvalue weighted by atomic mass is 16.5. The molecule has 6 aromatic rings. The summed E-state index contributed by atoms with van der Waals surface area (Å²) in [6.45, 7) is 0. The molecule has 0 unspecified atom stereocenters. The van der Waals surface area contributed by atoms with Gasteiger partial charge in [-0.3, -0.25) is 0 Å². The lowest BCUT2D eigenvalue weighted by molar-refractivity contribution is 0.414. The van der Waals surface area contributed by atoms with Crippen molar-refractivity contribution in [3.05, 3.63) is 97.1 Å². The molecule has 0 aliphatic rings. The summed E-state index contributed by atoms with van der Waals surface area (Å²) in [7, 11) is 6.51. The molecule has 12 nitrogen and oxygen atoms in total. The van der Waals surface area contributed by atoms with Crippen molar-refractivity contribution in [3.63, 3.8) is 0 Å². The van der Waals surface area contributed by atoms with Crippen molar-refractivity contribution < 1.29 is 18.9 Å². The van der Waals surface area contributed by atoms with E-state index in [0.717, 1.165) is 45.3 Å². The van der Waals surface area contributed by atoms with Crippen molar-refractivity contribution in [2.24, 2.45) is 0 Å². The number of hydrogen-bond acceptors (Lipinski definition) is 10. The number of nitrogen functional groups attached to an aromatic ring is 2. The highest BCUT2D eigenvalue weighted by molar-refractivity contribution is 5.65. The molecule has 0 amide bonds. The summed E-state index contributed by atoms with van der Waals surface area (Å²) < 4.78 is 23.5. The van der Waals surface area contributed by atoms with Crippen molar-refractivity contribution in [3.8, 4) is 68.5 Å². The Morgan fingerprint density at radius 2 is 0.545 bits per heavy atom. The second-order valence-electron chi connectivity index (χ2n) is 9.35. The van der Waals surface area contributed by atoms with E-state index in [9.17, 15) is 0 Å². The third-order valence-corrected chi connectivity index (χ3v) is 6.78. The minimum atomic E-state index is 0.591. The Balaban J connectivity index is 0.000000175. The number of aromatic nitrogens is 6. The lowest BCUT2D eigenvalue weighted by Gasteiger charge is -2.06. The van der Waals surface area contributed by atoms with E-state index in [-0.39, 0.29) is 0 Å². The van der Waals surface area contributed by atoms with Crippen LogP contribution in [0, 0.1) is 0 Å². The first-order valence-electron chi connectivity index (χ1n) is 13.4. The molecular weight excluding hydrogens is 560 g/mol. The van der Waals surface area contributed by atoms with Crippen molar-refractivity contribution in [2.75, 3.05) is 40.1 Å². The third-order valence-electron chi connectivity index (χ3n) is 6.78. The quantitative estimate of drug-likeness (QED) is 0.238. The molecule has 0 saturated carbocycles. The molecule has 4 aromatic carbocycles. The summed E-state index contributed by atoms with van der Waals surface area (Å²) in [5.74, 6) is 17.8. The molecule has 44 heavy (non-hydrogen) atoms.